The number of benzene rings is 1. The van der Waals surface area contributed by atoms with Gasteiger partial charge in [0.1, 0.15) is 5.82 Å². The molecule has 0 N–H and O–H groups in total. The molecule has 0 atom stereocenters. The molecule has 17 heavy (non-hydrogen) atoms. The first kappa shape index (κ1) is 11.6. The maximum atomic E-state index is 12.8. The molecule has 4 nitrogen and oxygen atoms in total. The molecule has 0 spiro atoms. The van der Waals surface area contributed by atoms with E-state index >= 15 is 0 Å². The second-order valence-corrected chi connectivity index (χ2v) is 4.26. The summed E-state index contributed by atoms with van der Waals surface area (Å²) >= 11 is 1.32. The Morgan fingerprint density at radius 1 is 1.35 bits per heavy atom. The summed E-state index contributed by atoms with van der Waals surface area (Å²) < 4.78 is 14.6. The fourth-order valence-corrected chi connectivity index (χ4v) is 1.96. The smallest absolute Gasteiger partial charge is 0.192 e. The van der Waals surface area contributed by atoms with E-state index in [0.29, 0.717) is 16.7 Å². The van der Waals surface area contributed by atoms with Gasteiger partial charge < -0.3 is 4.57 Å². The maximum Gasteiger partial charge on any atom is 0.192 e. The van der Waals surface area contributed by atoms with E-state index in [9.17, 15) is 4.39 Å². The Morgan fingerprint density at radius 2 is 2.06 bits per heavy atom. The zero-order valence-corrected chi connectivity index (χ0v) is 9.91. The van der Waals surface area contributed by atoms with Gasteiger partial charge in [-0.2, -0.15) is 5.26 Å². The van der Waals surface area contributed by atoms with Gasteiger partial charge in [0.15, 0.2) is 11.0 Å². The van der Waals surface area contributed by atoms with Crippen molar-refractivity contribution in [2.24, 2.45) is 7.05 Å². The van der Waals surface area contributed by atoms with Gasteiger partial charge in [-0.15, -0.1) is 10.2 Å². The molecule has 0 radical (unpaired) electrons. The second-order valence-electron chi connectivity index (χ2n) is 3.32. The number of nitrogens with zero attached hydrogens (tertiary/aromatic N) is 4. The SMILES string of the molecule is Cn1c(SCC#N)nnc1-c1ccc(F)cc1. The highest BCUT2D eigenvalue weighted by Gasteiger charge is 2.10. The molecule has 0 aliphatic heterocycles. The Kier molecular flexibility index (Phi) is 3.40. The van der Waals surface area contributed by atoms with Crippen molar-refractivity contribution in [3.63, 3.8) is 0 Å². The number of nitriles is 1. The molecule has 0 saturated heterocycles. The molecule has 0 saturated carbocycles. The van der Waals surface area contributed by atoms with E-state index in [0.717, 1.165) is 5.56 Å². The molecule has 2 aromatic rings. The molecule has 6 heteroatoms. The van der Waals surface area contributed by atoms with Crippen LogP contribution in [0.15, 0.2) is 29.4 Å². The van der Waals surface area contributed by atoms with Crippen LogP contribution in [0, 0.1) is 17.1 Å². The Morgan fingerprint density at radius 3 is 2.71 bits per heavy atom. The van der Waals surface area contributed by atoms with Gasteiger partial charge in [-0.1, -0.05) is 11.8 Å². The summed E-state index contributed by atoms with van der Waals surface area (Å²) in [5.74, 6) is 0.704. The molecule has 0 amide bonds. The van der Waals surface area contributed by atoms with Crippen LogP contribution in [0.2, 0.25) is 0 Å². The molecular formula is C11H9FN4S. The fourth-order valence-electron chi connectivity index (χ4n) is 1.39. The molecule has 0 unspecified atom stereocenters. The topological polar surface area (TPSA) is 54.5 Å². The molecule has 86 valence electrons. The summed E-state index contributed by atoms with van der Waals surface area (Å²) in [6, 6.07) is 8.10. The van der Waals surface area contributed by atoms with Crippen LogP contribution < -0.4 is 0 Å². The van der Waals surface area contributed by atoms with Crippen LogP contribution in [-0.4, -0.2) is 20.5 Å². The van der Waals surface area contributed by atoms with Gasteiger partial charge in [-0.3, -0.25) is 0 Å². The van der Waals surface area contributed by atoms with Crippen molar-refractivity contribution in [1.82, 2.24) is 14.8 Å². The van der Waals surface area contributed by atoms with E-state index in [-0.39, 0.29) is 5.82 Å². The monoisotopic (exact) mass is 248 g/mol. The van der Waals surface area contributed by atoms with Gasteiger partial charge in [0, 0.05) is 12.6 Å². The molecule has 1 heterocycles. The minimum atomic E-state index is -0.282. The summed E-state index contributed by atoms with van der Waals surface area (Å²) in [6.07, 6.45) is 0. The third-order valence-corrected chi connectivity index (χ3v) is 3.09. The highest BCUT2D eigenvalue weighted by molar-refractivity contribution is 7.99. The quantitative estimate of drug-likeness (QED) is 0.782. The van der Waals surface area contributed by atoms with Crippen LogP contribution >= 0.6 is 11.8 Å². The van der Waals surface area contributed by atoms with Crippen LogP contribution in [0.25, 0.3) is 11.4 Å². The highest BCUT2D eigenvalue weighted by atomic mass is 32.2. The standard InChI is InChI=1S/C11H9FN4S/c1-16-10(8-2-4-9(12)5-3-8)14-15-11(16)17-7-6-13/h2-5H,7H2,1H3. The lowest BCUT2D eigenvalue weighted by atomic mass is 10.2. The molecule has 0 bridgehead atoms. The van der Waals surface area contributed by atoms with Crippen LogP contribution in [0.3, 0.4) is 0 Å². The number of thioether (sulfide) groups is 1. The Balaban J connectivity index is 2.31. The van der Waals surface area contributed by atoms with E-state index in [1.165, 1.54) is 23.9 Å². The van der Waals surface area contributed by atoms with E-state index in [2.05, 4.69) is 10.2 Å². The minimum Gasteiger partial charge on any atom is -0.305 e. The maximum absolute atomic E-state index is 12.8. The molecule has 2 rings (SSSR count). The number of aromatic nitrogens is 3. The molecule has 0 fully saturated rings. The first-order valence-corrected chi connectivity index (χ1v) is 5.86. The van der Waals surface area contributed by atoms with E-state index in [4.69, 9.17) is 5.26 Å². The first-order chi connectivity index (χ1) is 8.22. The number of halogens is 1. The predicted molar refractivity (Wildman–Crippen MR) is 62.7 cm³/mol. The molecule has 0 aliphatic carbocycles. The fraction of sp³-hybridized carbons (Fsp3) is 0.182. The Bertz CT molecular complexity index is 556. The normalized spacial score (nSPS) is 10.2. The zero-order valence-electron chi connectivity index (χ0n) is 9.09. The summed E-state index contributed by atoms with van der Waals surface area (Å²) in [5, 5.41) is 17.2. The number of rotatable bonds is 3. The third kappa shape index (κ3) is 2.45. The van der Waals surface area contributed by atoms with Gasteiger partial charge in [-0.05, 0) is 24.3 Å². The highest BCUT2D eigenvalue weighted by Crippen LogP contribution is 2.22. The van der Waals surface area contributed by atoms with Crippen molar-refractivity contribution in [3.8, 4) is 17.5 Å². The first-order valence-electron chi connectivity index (χ1n) is 4.87. The van der Waals surface area contributed by atoms with Gasteiger partial charge in [-0.25, -0.2) is 4.39 Å². The van der Waals surface area contributed by atoms with Gasteiger partial charge in [0.05, 0.1) is 11.8 Å². The molecular weight excluding hydrogens is 239 g/mol. The van der Waals surface area contributed by atoms with Crippen molar-refractivity contribution < 1.29 is 4.39 Å². The van der Waals surface area contributed by atoms with E-state index in [1.807, 2.05) is 13.1 Å². The largest absolute Gasteiger partial charge is 0.305 e. The molecule has 1 aromatic heterocycles. The van der Waals surface area contributed by atoms with Crippen molar-refractivity contribution in [2.45, 2.75) is 5.16 Å². The lowest BCUT2D eigenvalue weighted by Gasteiger charge is -2.02. The van der Waals surface area contributed by atoms with E-state index in [1.54, 1.807) is 16.7 Å². The van der Waals surface area contributed by atoms with Crippen molar-refractivity contribution in [2.75, 3.05) is 5.75 Å². The van der Waals surface area contributed by atoms with Gasteiger partial charge >= 0.3 is 0 Å². The summed E-state index contributed by atoms with van der Waals surface area (Å²) in [4.78, 5) is 0. The van der Waals surface area contributed by atoms with Crippen LogP contribution in [0.5, 0.6) is 0 Å². The second kappa shape index (κ2) is 4.97. The Labute approximate surface area is 102 Å². The predicted octanol–water partition coefficient (Wildman–Crippen LogP) is 2.24. The zero-order chi connectivity index (χ0) is 12.3. The van der Waals surface area contributed by atoms with Crippen LogP contribution in [0.4, 0.5) is 4.39 Å². The van der Waals surface area contributed by atoms with Crippen molar-refractivity contribution >= 4 is 11.8 Å². The van der Waals surface area contributed by atoms with Crippen molar-refractivity contribution in [1.29, 1.82) is 5.26 Å². The summed E-state index contributed by atoms with van der Waals surface area (Å²) in [6.45, 7) is 0. The molecule has 0 aliphatic rings. The summed E-state index contributed by atoms with van der Waals surface area (Å²) in [5.41, 5.74) is 0.796. The van der Waals surface area contributed by atoms with Crippen molar-refractivity contribution in [3.05, 3.63) is 30.1 Å². The number of hydrogen-bond donors (Lipinski definition) is 0. The third-order valence-electron chi connectivity index (χ3n) is 2.20. The minimum absolute atomic E-state index is 0.282. The average Bonchev–Trinajstić information content (AvgIpc) is 2.69. The van der Waals surface area contributed by atoms with Crippen LogP contribution in [0.1, 0.15) is 0 Å². The number of hydrogen-bond acceptors (Lipinski definition) is 4. The lowest BCUT2D eigenvalue weighted by Crippen LogP contribution is -1.95. The van der Waals surface area contributed by atoms with E-state index < -0.39 is 0 Å². The lowest BCUT2D eigenvalue weighted by molar-refractivity contribution is 0.628. The Hall–Kier alpha value is -1.87. The van der Waals surface area contributed by atoms with Crippen LogP contribution in [-0.2, 0) is 7.05 Å². The van der Waals surface area contributed by atoms with Gasteiger partial charge in [0.2, 0.25) is 0 Å². The summed E-state index contributed by atoms with van der Waals surface area (Å²) in [7, 11) is 1.82. The van der Waals surface area contributed by atoms with Gasteiger partial charge in [0.25, 0.3) is 0 Å². The molecule has 1 aromatic carbocycles. The average molecular weight is 248 g/mol.